The van der Waals surface area contributed by atoms with Crippen LogP contribution in [0.2, 0.25) is 0 Å². The smallest absolute Gasteiger partial charge is 0.325 e. The Morgan fingerprint density at radius 3 is 2.53 bits per heavy atom. The van der Waals surface area contributed by atoms with E-state index >= 15 is 0 Å². The SMILES string of the molecule is CCOC(=O)C(COCCC(C)C)NC. The van der Waals surface area contributed by atoms with E-state index < -0.39 is 0 Å². The number of ether oxygens (including phenoxy) is 2. The summed E-state index contributed by atoms with van der Waals surface area (Å²) in [5, 5.41) is 2.88. The molecule has 0 aliphatic rings. The summed E-state index contributed by atoms with van der Waals surface area (Å²) in [4.78, 5) is 11.3. The van der Waals surface area contributed by atoms with Crippen LogP contribution in [-0.4, -0.2) is 38.9 Å². The molecule has 1 unspecified atom stereocenters. The molecule has 0 aromatic carbocycles. The van der Waals surface area contributed by atoms with E-state index in [4.69, 9.17) is 9.47 Å². The summed E-state index contributed by atoms with van der Waals surface area (Å²) >= 11 is 0. The molecule has 90 valence electrons. The van der Waals surface area contributed by atoms with Crippen LogP contribution in [-0.2, 0) is 14.3 Å². The Morgan fingerprint density at radius 1 is 1.40 bits per heavy atom. The zero-order chi connectivity index (χ0) is 11.7. The number of rotatable bonds is 8. The predicted molar refractivity (Wildman–Crippen MR) is 59.8 cm³/mol. The third-order valence-electron chi connectivity index (χ3n) is 2.04. The Bertz CT molecular complexity index is 171. The zero-order valence-corrected chi connectivity index (χ0v) is 10.2. The fourth-order valence-corrected chi connectivity index (χ4v) is 1.03. The molecule has 1 N–H and O–H groups in total. The van der Waals surface area contributed by atoms with Crippen molar-refractivity contribution in [3.8, 4) is 0 Å². The van der Waals surface area contributed by atoms with E-state index in [1.807, 2.05) is 0 Å². The van der Waals surface area contributed by atoms with Crippen LogP contribution < -0.4 is 5.32 Å². The molecule has 0 aliphatic carbocycles. The van der Waals surface area contributed by atoms with Crippen molar-refractivity contribution in [1.82, 2.24) is 5.32 Å². The van der Waals surface area contributed by atoms with Crippen LogP contribution in [0.1, 0.15) is 27.2 Å². The Labute approximate surface area is 92.3 Å². The van der Waals surface area contributed by atoms with E-state index in [0.717, 1.165) is 6.42 Å². The molecule has 4 heteroatoms. The van der Waals surface area contributed by atoms with Gasteiger partial charge in [-0.15, -0.1) is 0 Å². The lowest BCUT2D eigenvalue weighted by atomic mass is 10.1. The largest absolute Gasteiger partial charge is 0.465 e. The highest BCUT2D eigenvalue weighted by Crippen LogP contribution is 1.99. The van der Waals surface area contributed by atoms with Crippen LogP contribution in [0, 0.1) is 5.92 Å². The van der Waals surface area contributed by atoms with Crippen molar-refractivity contribution in [2.24, 2.45) is 5.92 Å². The van der Waals surface area contributed by atoms with Gasteiger partial charge in [0.2, 0.25) is 0 Å². The lowest BCUT2D eigenvalue weighted by Crippen LogP contribution is -2.39. The fourth-order valence-electron chi connectivity index (χ4n) is 1.03. The highest BCUT2D eigenvalue weighted by molar-refractivity contribution is 5.75. The van der Waals surface area contributed by atoms with E-state index in [2.05, 4.69) is 19.2 Å². The van der Waals surface area contributed by atoms with Gasteiger partial charge in [0.25, 0.3) is 0 Å². The summed E-state index contributed by atoms with van der Waals surface area (Å²) in [6.07, 6.45) is 1.01. The van der Waals surface area contributed by atoms with Crippen LogP contribution in [0.25, 0.3) is 0 Å². The molecule has 0 radical (unpaired) electrons. The van der Waals surface area contributed by atoms with Gasteiger partial charge in [0.15, 0.2) is 0 Å². The number of likely N-dealkylation sites (N-methyl/N-ethyl adjacent to an activating group) is 1. The average molecular weight is 217 g/mol. The van der Waals surface area contributed by atoms with E-state index in [-0.39, 0.29) is 12.0 Å². The normalized spacial score (nSPS) is 12.9. The second-order valence-corrected chi connectivity index (χ2v) is 3.85. The lowest BCUT2D eigenvalue weighted by Gasteiger charge is -2.15. The van der Waals surface area contributed by atoms with Gasteiger partial charge in [-0.05, 0) is 26.3 Å². The van der Waals surface area contributed by atoms with E-state index in [1.165, 1.54) is 0 Å². The molecule has 1 atom stereocenters. The maximum Gasteiger partial charge on any atom is 0.325 e. The summed E-state index contributed by atoms with van der Waals surface area (Å²) in [5.74, 6) is 0.380. The van der Waals surface area contributed by atoms with Gasteiger partial charge in [-0.1, -0.05) is 13.8 Å². The molecular weight excluding hydrogens is 194 g/mol. The predicted octanol–water partition coefficient (Wildman–Crippen LogP) is 1.20. The fraction of sp³-hybridized carbons (Fsp3) is 0.909. The Hall–Kier alpha value is -0.610. The molecule has 15 heavy (non-hydrogen) atoms. The minimum atomic E-state index is -0.350. The molecule has 0 aliphatic heterocycles. The molecule has 0 amide bonds. The van der Waals surface area contributed by atoms with Crippen LogP contribution in [0.3, 0.4) is 0 Å². The van der Waals surface area contributed by atoms with Gasteiger partial charge in [-0.25, -0.2) is 0 Å². The number of nitrogens with one attached hydrogen (secondary N) is 1. The Morgan fingerprint density at radius 2 is 2.07 bits per heavy atom. The summed E-state index contributed by atoms with van der Waals surface area (Å²) in [5.41, 5.74) is 0. The first-order valence-electron chi connectivity index (χ1n) is 5.53. The van der Waals surface area contributed by atoms with Crippen LogP contribution >= 0.6 is 0 Å². The minimum absolute atomic E-state index is 0.246. The molecule has 0 rings (SSSR count). The molecule has 4 nitrogen and oxygen atoms in total. The number of hydrogen-bond acceptors (Lipinski definition) is 4. The van der Waals surface area contributed by atoms with Crippen molar-refractivity contribution >= 4 is 5.97 Å². The second kappa shape index (κ2) is 8.68. The first kappa shape index (κ1) is 14.4. The molecule has 0 aromatic rings. The van der Waals surface area contributed by atoms with Crippen molar-refractivity contribution in [3.63, 3.8) is 0 Å². The van der Waals surface area contributed by atoms with Crippen molar-refractivity contribution in [3.05, 3.63) is 0 Å². The standard InChI is InChI=1S/C11H23NO3/c1-5-15-11(13)10(12-4)8-14-7-6-9(2)3/h9-10,12H,5-8H2,1-4H3. The van der Waals surface area contributed by atoms with Crippen LogP contribution in [0.5, 0.6) is 0 Å². The van der Waals surface area contributed by atoms with Crippen molar-refractivity contribution in [1.29, 1.82) is 0 Å². The monoisotopic (exact) mass is 217 g/mol. The van der Waals surface area contributed by atoms with Gasteiger partial charge in [0.05, 0.1) is 13.2 Å². The summed E-state index contributed by atoms with van der Waals surface area (Å²) in [6, 6.07) is -0.350. The number of esters is 1. The summed E-state index contributed by atoms with van der Waals surface area (Å²) < 4.78 is 10.3. The Kier molecular flexibility index (Phi) is 8.33. The molecule has 0 saturated carbocycles. The molecule has 0 aromatic heterocycles. The third kappa shape index (κ3) is 7.33. The zero-order valence-electron chi connectivity index (χ0n) is 10.2. The maximum atomic E-state index is 11.3. The molecule has 0 saturated heterocycles. The van der Waals surface area contributed by atoms with Gasteiger partial charge >= 0.3 is 5.97 Å². The third-order valence-corrected chi connectivity index (χ3v) is 2.04. The maximum absolute atomic E-state index is 11.3. The topological polar surface area (TPSA) is 47.6 Å². The quantitative estimate of drug-likeness (QED) is 0.490. The van der Waals surface area contributed by atoms with E-state index in [0.29, 0.717) is 25.7 Å². The van der Waals surface area contributed by atoms with Gasteiger partial charge < -0.3 is 14.8 Å². The van der Waals surface area contributed by atoms with Crippen LogP contribution in [0.15, 0.2) is 0 Å². The first-order chi connectivity index (χ1) is 7.11. The highest BCUT2D eigenvalue weighted by Gasteiger charge is 2.17. The Balaban J connectivity index is 3.65. The van der Waals surface area contributed by atoms with Crippen molar-refractivity contribution in [2.45, 2.75) is 33.2 Å². The second-order valence-electron chi connectivity index (χ2n) is 3.85. The molecule has 0 heterocycles. The van der Waals surface area contributed by atoms with Crippen molar-refractivity contribution in [2.75, 3.05) is 26.9 Å². The molecular formula is C11H23NO3. The number of hydrogen-bond donors (Lipinski definition) is 1. The average Bonchev–Trinajstić information content (AvgIpc) is 2.17. The number of carbonyl (C=O) groups excluding carboxylic acids is 1. The first-order valence-corrected chi connectivity index (χ1v) is 5.53. The van der Waals surface area contributed by atoms with Crippen molar-refractivity contribution < 1.29 is 14.3 Å². The van der Waals surface area contributed by atoms with E-state index in [1.54, 1.807) is 14.0 Å². The minimum Gasteiger partial charge on any atom is -0.465 e. The number of carbonyl (C=O) groups is 1. The summed E-state index contributed by atoms with van der Waals surface area (Å²) in [7, 11) is 1.73. The van der Waals surface area contributed by atoms with Gasteiger partial charge in [-0.3, -0.25) is 4.79 Å². The molecule has 0 bridgehead atoms. The van der Waals surface area contributed by atoms with Gasteiger partial charge in [0, 0.05) is 6.61 Å². The van der Waals surface area contributed by atoms with E-state index in [9.17, 15) is 4.79 Å². The molecule has 0 fully saturated rings. The lowest BCUT2D eigenvalue weighted by molar-refractivity contribution is -0.147. The van der Waals surface area contributed by atoms with Gasteiger partial charge in [0.1, 0.15) is 6.04 Å². The van der Waals surface area contributed by atoms with Crippen LogP contribution in [0.4, 0.5) is 0 Å². The molecule has 0 spiro atoms. The summed E-state index contributed by atoms with van der Waals surface area (Å²) in [6.45, 7) is 7.55. The highest BCUT2D eigenvalue weighted by atomic mass is 16.5. The van der Waals surface area contributed by atoms with Gasteiger partial charge in [-0.2, -0.15) is 0 Å².